The first-order chi connectivity index (χ1) is 22.5. The second-order valence-electron chi connectivity index (χ2n) is 12.8. The highest BCUT2D eigenvalue weighted by atomic mass is 16.5. The summed E-state index contributed by atoms with van der Waals surface area (Å²) >= 11 is 0. The minimum absolute atomic E-state index is 0.154. The molecule has 9 heteroatoms. The Balaban J connectivity index is 1.32. The molecule has 3 aliphatic rings. The first-order valence-electron chi connectivity index (χ1n) is 16.1. The van der Waals surface area contributed by atoms with Gasteiger partial charge in [0, 0.05) is 42.2 Å². The lowest BCUT2D eigenvalue weighted by Crippen LogP contribution is -2.51. The normalized spacial score (nSPS) is 21.1. The van der Waals surface area contributed by atoms with Gasteiger partial charge in [0.15, 0.2) is 0 Å². The van der Waals surface area contributed by atoms with E-state index < -0.39 is 0 Å². The summed E-state index contributed by atoms with van der Waals surface area (Å²) in [5, 5.41) is 27.1. The van der Waals surface area contributed by atoms with Crippen LogP contribution in [0, 0.1) is 11.3 Å². The number of ether oxygens (including phenoxy) is 2. The molecule has 1 aromatic heterocycles. The monoisotopic (exact) mass is 612 g/mol. The highest BCUT2D eigenvalue weighted by Gasteiger charge is 2.34. The van der Waals surface area contributed by atoms with E-state index in [2.05, 4.69) is 28.2 Å². The number of phenolic OH excluding ortho intramolecular Hbond substituents is 1. The predicted molar refractivity (Wildman–Crippen MR) is 179 cm³/mol. The first-order valence-corrected chi connectivity index (χ1v) is 16.1. The van der Waals surface area contributed by atoms with Crippen LogP contribution in [0.1, 0.15) is 31.2 Å². The Morgan fingerprint density at radius 2 is 1.72 bits per heavy atom. The molecule has 0 saturated carbocycles. The van der Waals surface area contributed by atoms with Crippen LogP contribution in [0.25, 0.3) is 32.8 Å². The number of aromatic nitrogens is 2. The highest BCUT2D eigenvalue weighted by molar-refractivity contribution is 6.03. The van der Waals surface area contributed by atoms with Gasteiger partial charge in [-0.05, 0) is 92.0 Å². The van der Waals surface area contributed by atoms with Crippen LogP contribution in [-0.2, 0) is 0 Å². The smallest absolute Gasteiger partial charge is 0.319 e. The molecule has 0 amide bonds. The Labute approximate surface area is 268 Å². The minimum Gasteiger partial charge on any atom is -0.508 e. The third-order valence-corrected chi connectivity index (χ3v) is 9.71. The molecule has 2 bridgehead atoms. The number of likely N-dealkylation sites (N-methyl/N-ethyl adjacent to an activating group) is 1. The van der Waals surface area contributed by atoms with Crippen LogP contribution in [0.3, 0.4) is 0 Å². The van der Waals surface area contributed by atoms with E-state index in [0.29, 0.717) is 47.8 Å². The topological polar surface area (TPSA) is 107 Å². The Hall–Kier alpha value is -4.91. The number of nitrogens with zero attached hydrogens (tertiary/aromatic N) is 5. The van der Waals surface area contributed by atoms with E-state index >= 15 is 0 Å². The van der Waals surface area contributed by atoms with Gasteiger partial charge in [0.05, 0.1) is 11.1 Å². The van der Waals surface area contributed by atoms with Crippen molar-refractivity contribution in [2.45, 2.75) is 43.8 Å². The van der Waals surface area contributed by atoms with E-state index in [4.69, 9.17) is 19.4 Å². The van der Waals surface area contributed by atoms with E-state index in [9.17, 15) is 10.4 Å². The van der Waals surface area contributed by atoms with Crippen molar-refractivity contribution in [2.75, 3.05) is 38.2 Å². The number of phenols is 1. The van der Waals surface area contributed by atoms with Crippen LogP contribution < -0.4 is 19.7 Å². The standard InChI is InChI=1S/C37H36N6O3/c1-42-14-6-9-27(42)22-45-37-40-33-17-31(30-16-28(44)15-23-7-2-4-10-29(23)30)35(46-34-11-5-3-8-24(34)19-38)18-32(33)36(41-37)43-20-25-12-13-26(21-43)39-25/h2-5,7-8,10-11,15-18,25-27,39,44H,6,9,12-14,20-22H2,1H3/t25-,26+,27?. The Kier molecular flexibility index (Phi) is 7.32. The van der Waals surface area contributed by atoms with Gasteiger partial charge in [-0.25, -0.2) is 0 Å². The zero-order valence-corrected chi connectivity index (χ0v) is 25.8. The quantitative estimate of drug-likeness (QED) is 0.221. The van der Waals surface area contributed by atoms with E-state index in [1.807, 2.05) is 48.5 Å². The van der Waals surface area contributed by atoms with Crippen LogP contribution in [0.4, 0.5) is 5.82 Å². The number of aromatic hydroxyl groups is 1. The number of hydrogen-bond acceptors (Lipinski definition) is 9. The molecule has 46 heavy (non-hydrogen) atoms. The molecule has 0 aliphatic carbocycles. The lowest BCUT2D eigenvalue weighted by Gasteiger charge is -2.34. The summed E-state index contributed by atoms with van der Waals surface area (Å²) in [5.41, 5.74) is 2.72. The fourth-order valence-electron chi connectivity index (χ4n) is 7.33. The molecule has 4 heterocycles. The summed E-state index contributed by atoms with van der Waals surface area (Å²) in [5.74, 6) is 1.99. The van der Waals surface area contributed by atoms with Crippen molar-refractivity contribution in [3.05, 3.63) is 78.4 Å². The van der Waals surface area contributed by atoms with Crippen LogP contribution >= 0.6 is 0 Å². The highest BCUT2D eigenvalue weighted by Crippen LogP contribution is 2.44. The van der Waals surface area contributed by atoms with Crippen LogP contribution in [0.15, 0.2) is 72.8 Å². The summed E-state index contributed by atoms with van der Waals surface area (Å²) in [6, 6.07) is 26.5. The molecular weight excluding hydrogens is 576 g/mol. The number of rotatable bonds is 7. The first kappa shape index (κ1) is 28.6. The summed E-state index contributed by atoms with van der Waals surface area (Å²) < 4.78 is 13.0. The zero-order valence-electron chi connectivity index (χ0n) is 25.8. The minimum atomic E-state index is 0.154. The van der Waals surface area contributed by atoms with Gasteiger partial charge >= 0.3 is 6.01 Å². The maximum atomic E-state index is 10.8. The lowest BCUT2D eigenvalue weighted by atomic mass is 9.96. The van der Waals surface area contributed by atoms with Gasteiger partial charge in [-0.1, -0.05) is 36.4 Å². The number of hydrogen-bond donors (Lipinski definition) is 2. The second-order valence-corrected chi connectivity index (χ2v) is 12.8. The fourth-order valence-corrected chi connectivity index (χ4v) is 7.33. The number of para-hydroxylation sites is 1. The number of likely N-dealkylation sites (tertiary alicyclic amines) is 1. The van der Waals surface area contributed by atoms with Crippen LogP contribution in [0.2, 0.25) is 0 Å². The number of nitrogens with one attached hydrogen (secondary N) is 1. The van der Waals surface area contributed by atoms with Crippen molar-refractivity contribution in [2.24, 2.45) is 0 Å². The number of benzene rings is 4. The summed E-state index contributed by atoms with van der Waals surface area (Å²) in [6.07, 6.45) is 4.56. The van der Waals surface area contributed by atoms with Crippen LogP contribution in [0.5, 0.6) is 23.3 Å². The molecular formula is C37H36N6O3. The van der Waals surface area contributed by atoms with E-state index in [-0.39, 0.29) is 5.75 Å². The van der Waals surface area contributed by atoms with Gasteiger partial charge in [0.1, 0.15) is 35.7 Å². The van der Waals surface area contributed by atoms with E-state index in [0.717, 1.165) is 83.9 Å². The zero-order chi connectivity index (χ0) is 31.2. The van der Waals surface area contributed by atoms with Gasteiger partial charge in [0.25, 0.3) is 0 Å². The average molecular weight is 613 g/mol. The SMILES string of the molecule is CN1CCCC1COc1nc(N2C[C@H]3CC[C@@H](C2)N3)c2cc(Oc3ccccc3C#N)c(-c3cc(O)cc4ccccc34)cc2n1. The molecule has 9 nitrogen and oxygen atoms in total. The molecule has 3 atom stereocenters. The fraction of sp³-hybridized carbons (Fsp3) is 0.324. The summed E-state index contributed by atoms with van der Waals surface area (Å²) in [4.78, 5) is 14.7. The average Bonchev–Trinajstić information content (AvgIpc) is 3.65. The van der Waals surface area contributed by atoms with Gasteiger partial charge < -0.3 is 29.7 Å². The van der Waals surface area contributed by atoms with Gasteiger partial charge in [-0.3, -0.25) is 0 Å². The molecule has 3 fully saturated rings. The maximum Gasteiger partial charge on any atom is 0.319 e. The number of fused-ring (bicyclic) bond motifs is 4. The number of nitriles is 1. The molecule has 232 valence electrons. The number of anilines is 1. The van der Waals surface area contributed by atoms with Gasteiger partial charge in [-0.15, -0.1) is 0 Å². The van der Waals surface area contributed by atoms with Crippen molar-refractivity contribution < 1.29 is 14.6 Å². The summed E-state index contributed by atoms with van der Waals surface area (Å²) in [7, 11) is 2.14. The molecule has 3 aliphatic heterocycles. The molecule has 3 saturated heterocycles. The molecule has 1 unspecified atom stereocenters. The Morgan fingerprint density at radius 1 is 0.913 bits per heavy atom. The van der Waals surface area contributed by atoms with Crippen molar-refractivity contribution in [1.29, 1.82) is 5.26 Å². The third kappa shape index (κ3) is 5.34. The maximum absolute atomic E-state index is 10.8. The van der Waals surface area contributed by atoms with Crippen molar-refractivity contribution in [3.63, 3.8) is 0 Å². The molecule has 2 N–H and O–H groups in total. The van der Waals surface area contributed by atoms with Gasteiger partial charge in [0.2, 0.25) is 0 Å². The molecule has 4 aromatic carbocycles. The molecule has 0 spiro atoms. The van der Waals surface area contributed by atoms with Crippen molar-refractivity contribution in [3.8, 4) is 40.5 Å². The molecule has 8 rings (SSSR count). The molecule has 0 radical (unpaired) electrons. The number of piperazine rings is 1. The second kappa shape index (κ2) is 11.8. The van der Waals surface area contributed by atoms with E-state index in [1.165, 1.54) is 0 Å². The largest absolute Gasteiger partial charge is 0.508 e. The van der Waals surface area contributed by atoms with Gasteiger partial charge in [-0.2, -0.15) is 15.2 Å². The molecule has 5 aromatic rings. The predicted octanol–water partition coefficient (Wildman–Crippen LogP) is 6.23. The summed E-state index contributed by atoms with van der Waals surface area (Å²) in [6.45, 7) is 3.30. The third-order valence-electron chi connectivity index (χ3n) is 9.71. The van der Waals surface area contributed by atoms with Crippen molar-refractivity contribution in [1.82, 2.24) is 20.2 Å². The lowest BCUT2D eigenvalue weighted by molar-refractivity contribution is 0.188. The van der Waals surface area contributed by atoms with E-state index in [1.54, 1.807) is 24.3 Å². The Bertz CT molecular complexity index is 1980. The van der Waals surface area contributed by atoms with Crippen LogP contribution in [-0.4, -0.2) is 71.4 Å². The van der Waals surface area contributed by atoms with Crippen molar-refractivity contribution >= 4 is 27.5 Å². The Morgan fingerprint density at radius 3 is 2.52 bits per heavy atom.